The number of ether oxygens (including phenoxy) is 2. The molecular weight excluding hydrogens is 436 g/mol. The zero-order valence-corrected chi connectivity index (χ0v) is 17.7. The largest absolute Gasteiger partial charge is 0.586 e. The van der Waals surface area contributed by atoms with Crippen LogP contribution in [-0.2, 0) is 4.79 Å². The summed E-state index contributed by atoms with van der Waals surface area (Å²) >= 11 is 0. The summed E-state index contributed by atoms with van der Waals surface area (Å²) < 4.78 is 37.0. The minimum absolute atomic E-state index is 0.00232. The zero-order valence-electron chi connectivity index (χ0n) is 17.7. The first kappa shape index (κ1) is 21.0. The van der Waals surface area contributed by atoms with Gasteiger partial charge in [0.15, 0.2) is 11.5 Å². The Morgan fingerprint density at radius 2 is 1.82 bits per heavy atom. The predicted molar refractivity (Wildman–Crippen MR) is 114 cm³/mol. The van der Waals surface area contributed by atoms with Gasteiger partial charge in [0, 0.05) is 49.5 Å². The van der Waals surface area contributed by atoms with Gasteiger partial charge in [0.05, 0.1) is 5.56 Å². The number of anilines is 1. The quantitative estimate of drug-likeness (QED) is 0.645. The van der Waals surface area contributed by atoms with E-state index in [2.05, 4.69) is 14.6 Å². The van der Waals surface area contributed by atoms with E-state index in [0.717, 1.165) is 5.39 Å². The van der Waals surface area contributed by atoms with E-state index in [4.69, 9.17) is 5.73 Å². The van der Waals surface area contributed by atoms with Crippen LogP contribution in [-0.4, -0.2) is 59.0 Å². The van der Waals surface area contributed by atoms with Gasteiger partial charge in [-0.1, -0.05) is 12.1 Å². The van der Waals surface area contributed by atoms with Gasteiger partial charge < -0.3 is 25.0 Å². The average molecular weight is 457 g/mol. The van der Waals surface area contributed by atoms with E-state index in [9.17, 15) is 18.4 Å². The molecule has 1 fully saturated rings. The van der Waals surface area contributed by atoms with Crippen LogP contribution in [0.5, 0.6) is 11.5 Å². The van der Waals surface area contributed by atoms with Gasteiger partial charge >= 0.3 is 6.29 Å². The minimum Gasteiger partial charge on any atom is -0.395 e. The van der Waals surface area contributed by atoms with Crippen LogP contribution in [0.25, 0.3) is 10.9 Å². The SMILES string of the molecule is CC(C(=O)N1CCN(c2ccc3c(c2)OC(F)(F)O3)CC1)n1cc2cccc(C(N)=O)c2n1. The summed E-state index contributed by atoms with van der Waals surface area (Å²) in [6, 6.07) is 9.22. The van der Waals surface area contributed by atoms with Crippen molar-refractivity contribution in [1.29, 1.82) is 0 Å². The Hall–Kier alpha value is -3.89. The molecule has 0 bridgehead atoms. The summed E-state index contributed by atoms with van der Waals surface area (Å²) in [7, 11) is 0. The standard InChI is InChI=1S/C22H21F2N5O4/c1-13(29-12-14-3-2-4-16(20(25)30)19(14)26-29)21(31)28-9-7-27(8-10-28)15-5-6-17-18(11-15)33-22(23,24)32-17/h2-6,11-13H,7-10H2,1H3,(H2,25,30). The number of carbonyl (C=O) groups is 2. The molecule has 1 atom stereocenters. The second-order valence-corrected chi connectivity index (χ2v) is 8.00. The molecule has 33 heavy (non-hydrogen) atoms. The lowest BCUT2D eigenvalue weighted by Gasteiger charge is -2.37. The third-order valence-corrected chi connectivity index (χ3v) is 5.92. The fourth-order valence-corrected chi connectivity index (χ4v) is 4.16. The van der Waals surface area contributed by atoms with Crippen molar-refractivity contribution in [3.8, 4) is 11.5 Å². The Morgan fingerprint density at radius 3 is 2.55 bits per heavy atom. The molecule has 1 saturated heterocycles. The van der Waals surface area contributed by atoms with Gasteiger partial charge in [-0.3, -0.25) is 14.3 Å². The summed E-state index contributed by atoms with van der Waals surface area (Å²) in [6.45, 7) is 3.73. The highest BCUT2D eigenvalue weighted by Crippen LogP contribution is 2.43. The van der Waals surface area contributed by atoms with Gasteiger partial charge in [-0.2, -0.15) is 5.10 Å². The molecule has 2 amide bonds. The van der Waals surface area contributed by atoms with Gasteiger partial charge in [0.25, 0.3) is 5.91 Å². The summed E-state index contributed by atoms with van der Waals surface area (Å²) in [5.74, 6) is -0.690. The van der Waals surface area contributed by atoms with Crippen LogP contribution in [0, 0.1) is 0 Å². The lowest BCUT2D eigenvalue weighted by Crippen LogP contribution is -2.50. The molecule has 9 nitrogen and oxygen atoms in total. The van der Waals surface area contributed by atoms with Gasteiger partial charge in [0.2, 0.25) is 5.91 Å². The number of hydrogen-bond donors (Lipinski definition) is 1. The molecule has 3 heterocycles. The third-order valence-electron chi connectivity index (χ3n) is 5.92. The molecule has 2 aliphatic rings. The summed E-state index contributed by atoms with van der Waals surface area (Å²) in [4.78, 5) is 28.5. The van der Waals surface area contributed by atoms with Gasteiger partial charge in [-0.25, -0.2) is 0 Å². The highest BCUT2D eigenvalue weighted by Gasteiger charge is 2.43. The van der Waals surface area contributed by atoms with E-state index in [1.54, 1.807) is 40.9 Å². The van der Waals surface area contributed by atoms with Gasteiger partial charge in [-0.05, 0) is 25.1 Å². The summed E-state index contributed by atoms with van der Waals surface area (Å²) in [6.07, 6.45) is -1.93. The van der Waals surface area contributed by atoms with Crippen molar-refractivity contribution in [3.63, 3.8) is 0 Å². The number of rotatable bonds is 4. The number of fused-ring (bicyclic) bond motifs is 2. The fourth-order valence-electron chi connectivity index (χ4n) is 4.16. The number of alkyl halides is 2. The molecule has 2 aliphatic heterocycles. The highest BCUT2D eigenvalue weighted by atomic mass is 19.3. The number of nitrogens with zero attached hydrogens (tertiary/aromatic N) is 4. The summed E-state index contributed by atoms with van der Waals surface area (Å²) in [5, 5.41) is 5.15. The van der Waals surface area contributed by atoms with E-state index >= 15 is 0 Å². The lowest BCUT2D eigenvalue weighted by atomic mass is 10.1. The lowest BCUT2D eigenvalue weighted by molar-refractivity contribution is -0.286. The first-order valence-electron chi connectivity index (χ1n) is 10.4. The second-order valence-electron chi connectivity index (χ2n) is 8.00. The van der Waals surface area contributed by atoms with E-state index in [-0.39, 0.29) is 17.4 Å². The molecule has 0 spiro atoms. The van der Waals surface area contributed by atoms with Crippen molar-refractivity contribution in [2.45, 2.75) is 19.3 Å². The topological polar surface area (TPSA) is 103 Å². The third kappa shape index (κ3) is 3.79. The van der Waals surface area contributed by atoms with Gasteiger partial charge in [-0.15, -0.1) is 8.78 Å². The van der Waals surface area contributed by atoms with E-state index < -0.39 is 18.2 Å². The molecule has 0 aliphatic carbocycles. The molecule has 1 unspecified atom stereocenters. The molecule has 11 heteroatoms. The maximum absolute atomic E-state index is 13.3. The number of aromatic nitrogens is 2. The Kier molecular flexibility index (Phi) is 4.84. The van der Waals surface area contributed by atoms with Crippen LogP contribution < -0.4 is 20.1 Å². The monoisotopic (exact) mass is 457 g/mol. The molecule has 3 aromatic rings. The number of hydrogen-bond acceptors (Lipinski definition) is 6. The van der Waals surface area contributed by atoms with E-state index in [0.29, 0.717) is 42.9 Å². The van der Waals surface area contributed by atoms with Crippen LogP contribution in [0.2, 0.25) is 0 Å². The number of benzene rings is 2. The predicted octanol–water partition coefficient (Wildman–Crippen LogP) is 2.37. The normalized spacial score (nSPS) is 17.9. The maximum Gasteiger partial charge on any atom is 0.586 e. The second kappa shape index (κ2) is 7.61. The Labute approximate surface area is 187 Å². The number of piperazine rings is 1. The number of carbonyl (C=O) groups excluding carboxylic acids is 2. The van der Waals surface area contributed by atoms with Crippen molar-refractivity contribution in [3.05, 3.63) is 48.2 Å². The van der Waals surface area contributed by atoms with Crippen molar-refractivity contribution in [2.24, 2.45) is 5.73 Å². The Bertz CT molecular complexity index is 1250. The molecule has 1 aromatic heterocycles. The molecule has 2 aromatic carbocycles. The van der Waals surface area contributed by atoms with Crippen LogP contribution in [0.3, 0.4) is 0 Å². The molecule has 172 valence electrons. The number of primary amides is 1. The Balaban J connectivity index is 1.26. The average Bonchev–Trinajstić information content (AvgIpc) is 3.36. The number of amides is 2. The molecular formula is C22H21F2N5O4. The van der Waals surface area contributed by atoms with E-state index in [1.807, 2.05) is 11.0 Å². The van der Waals surface area contributed by atoms with Crippen LogP contribution >= 0.6 is 0 Å². The highest BCUT2D eigenvalue weighted by molar-refractivity contribution is 6.04. The number of halogens is 2. The zero-order chi connectivity index (χ0) is 23.3. The van der Waals surface area contributed by atoms with E-state index in [1.165, 1.54) is 12.1 Å². The van der Waals surface area contributed by atoms with Crippen LogP contribution in [0.15, 0.2) is 42.6 Å². The van der Waals surface area contributed by atoms with Crippen molar-refractivity contribution < 1.29 is 27.8 Å². The minimum atomic E-state index is -3.66. The maximum atomic E-state index is 13.3. The smallest absolute Gasteiger partial charge is 0.395 e. The molecule has 2 N–H and O–H groups in total. The number of nitrogens with two attached hydrogens (primary N) is 1. The van der Waals surface area contributed by atoms with Crippen LogP contribution in [0.1, 0.15) is 23.3 Å². The molecule has 0 saturated carbocycles. The first-order valence-corrected chi connectivity index (χ1v) is 10.4. The molecule has 0 radical (unpaired) electrons. The molecule has 5 rings (SSSR count). The van der Waals surface area contributed by atoms with Crippen LogP contribution in [0.4, 0.5) is 14.5 Å². The van der Waals surface area contributed by atoms with Crippen molar-refractivity contribution in [2.75, 3.05) is 31.1 Å². The Morgan fingerprint density at radius 1 is 1.09 bits per heavy atom. The first-order chi connectivity index (χ1) is 15.7. The summed E-state index contributed by atoms with van der Waals surface area (Å²) in [5.41, 5.74) is 6.91. The van der Waals surface area contributed by atoms with Crippen molar-refractivity contribution in [1.82, 2.24) is 14.7 Å². The van der Waals surface area contributed by atoms with Crippen molar-refractivity contribution >= 4 is 28.4 Å². The fraction of sp³-hybridized carbons (Fsp3) is 0.318. The van der Waals surface area contributed by atoms with Gasteiger partial charge in [0.1, 0.15) is 11.6 Å².